The summed E-state index contributed by atoms with van der Waals surface area (Å²) in [6.45, 7) is 5.50. The number of piperidine rings is 1. The van der Waals surface area contributed by atoms with Gasteiger partial charge in [-0.25, -0.2) is 9.97 Å². The van der Waals surface area contributed by atoms with Crippen LogP contribution >= 0.6 is 11.6 Å². The monoisotopic (exact) mass is 326 g/mol. The number of amides is 1. The fraction of sp³-hybridized carbons (Fsp3) is 0.667. The SMILES string of the molecule is CCc1c(Cl)nc(C)nc1NC1CCN(C(=O)COC)CC1. The summed E-state index contributed by atoms with van der Waals surface area (Å²) >= 11 is 6.19. The molecule has 1 N–H and O–H groups in total. The van der Waals surface area contributed by atoms with Crippen LogP contribution in [0.3, 0.4) is 0 Å². The molecule has 1 aliphatic heterocycles. The van der Waals surface area contributed by atoms with Gasteiger partial charge >= 0.3 is 0 Å². The zero-order valence-corrected chi connectivity index (χ0v) is 14.1. The summed E-state index contributed by atoms with van der Waals surface area (Å²) in [6, 6.07) is 0.294. The van der Waals surface area contributed by atoms with Gasteiger partial charge in [-0.1, -0.05) is 18.5 Å². The van der Waals surface area contributed by atoms with Gasteiger partial charge < -0.3 is 15.0 Å². The van der Waals surface area contributed by atoms with Gasteiger partial charge in [-0.15, -0.1) is 0 Å². The van der Waals surface area contributed by atoms with Gasteiger partial charge in [0.15, 0.2) is 0 Å². The molecule has 0 saturated carbocycles. The highest BCUT2D eigenvalue weighted by molar-refractivity contribution is 6.30. The molecule has 1 aromatic heterocycles. The number of methoxy groups -OCH3 is 1. The van der Waals surface area contributed by atoms with E-state index in [4.69, 9.17) is 16.3 Å². The Labute approximate surface area is 136 Å². The molecule has 1 fully saturated rings. The van der Waals surface area contributed by atoms with Crippen molar-refractivity contribution in [3.05, 3.63) is 16.5 Å². The maximum absolute atomic E-state index is 11.8. The normalized spacial score (nSPS) is 15.9. The number of carbonyl (C=O) groups excluding carboxylic acids is 1. The fourth-order valence-corrected chi connectivity index (χ4v) is 3.02. The summed E-state index contributed by atoms with van der Waals surface area (Å²) < 4.78 is 4.90. The molecule has 1 saturated heterocycles. The Bertz CT molecular complexity index is 531. The van der Waals surface area contributed by atoms with Crippen molar-refractivity contribution in [2.24, 2.45) is 0 Å². The predicted molar refractivity (Wildman–Crippen MR) is 86.3 cm³/mol. The highest BCUT2D eigenvalue weighted by Gasteiger charge is 2.23. The van der Waals surface area contributed by atoms with Crippen molar-refractivity contribution in [1.82, 2.24) is 14.9 Å². The smallest absolute Gasteiger partial charge is 0.248 e. The lowest BCUT2D eigenvalue weighted by molar-refractivity contribution is -0.136. The molecule has 0 radical (unpaired) electrons. The Hall–Kier alpha value is -1.40. The second-order valence-corrected chi connectivity index (χ2v) is 5.83. The summed E-state index contributed by atoms with van der Waals surface area (Å²) in [5.74, 6) is 1.54. The molecule has 7 heteroatoms. The van der Waals surface area contributed by atoms with Crippen LogP contribution in [0.5, 0.6) is 0 Å². The van der Waals surface area contributed by atoms with Gasteiger partial charge in [0.2, 0.25) is 5.91 Å². The van der Waals surface area contributed by atoms with Crippen molar-refractivity contribution in [3.8, 4) is 0 Å². The standard InChI is InChI=1S/C15H23ClN4O2/c1-4-12-14(16)17-10(2)18-15(12)19-11-5-7-20(8-6-11)13(21)9-22-3/h11H,4-9H2,1-3H3,(H,17,18,19). The van der Waals surface area contributed by atoms with Gasteiger partial charge in [-0.05, 0) is 26.2 Å². The van der Waals surface area contributed by atoms with Crippen LogP contribution in [0.2, 0.25) is 5.15 Å². The van der Waals surface area contributed by atoms with Crippen LogP contribution in [-0.4, -0.2) is 53.6 Å². The maximum Gasteiger partial charge on any atom is 0.248 e. The number of ether oxygens (including phenoxy) is 1. The molecule has 0 atom stereocenters. The van der Waals surface area contributed by atoms with Crippen molar-refractivity contribution in [2.45, 2.75) is 39.2 Å². The molecule has 6 nitrogen and oxygen atoms in total. The second kappa shape index (κ2) is 7.74. The number of aryl methyl sites for hydroxylation is 1. The van der Waals surface area contributed by atoms with E-state index in [2.05, 4.69) is 15.3 Å². The topological polar surface area (TPSA) is 67.4 Å². The molecular weight excluding hydrogens is 304 g/mol. The highest BCUT2D eigenvalue weighted by Crippen LogP contribution is 2.24. The van der Waals surface area contributed by atoms with E-state index in [1.807, 2.05) is 18.7 Å². The lowest BCUT2D eigenvalue weighted by atomic mass is 10.0. The third kappa shape index (κ3) is 4.08. The van der Waals surface area contributed by atoms with Crippen LogP contribution < -0.4 is 5.32 Å². The number of aromatic nitrogens is 2. The van der Waals surface area contributed by atoms with E-state index in [1.54, 1.807) is 7.11 Å². The van der Waals surface area contributed by atoms with Crippen LogP contribution in [0.25, 0.3) is 0 Å². The fourth-order valence-electron chi connectivity index (χ4n) is 2.68. The molecule has 0 spiro atoms. The molecule has 2 heterocycles. The zero-order valence-electron chi connectivity index (χ0n) is 13.4. The van der Waals surface area contributed by atoms with Crippen LogP contribution in [0.15, 0.2) is 0 Å². The molecule has 0 aliphatic carbocycles. The molecule has 22 heavy (non-hydrogen) atoms. The summed E-state index contributed by atoms with van der Waals surface area (Å²) in [7, 11) is 1.54. The quantitative estimate of drug-likeness (QED) is 0.839. The van der Waals surface area contributed by atoms with Crippen LogP contribution in [0.1, 0.15) is 31.2 Å². The van der Waals surface area contributed by atoms with Gasteiger partial charge in [0.25, 0.3) is 0 Å². The largest absolute Gasteiger partial charge is 0.375 e. The van der Waals surface area contributed by atoms with Gasteiger partial charge in [0.05, 0.1) is 0 Å². The molecule has 1 amide bonds. The first-order chi connectivity index (χ1) is 10.5. The number of nitrogens with zero attached hydrogens (tertiary/aromatic N) is 3. The number of likely N-dealkylation sites (tertiary alicyclic amines) is 1. The van der Waals surface area contributed by atoms with Crippen molar-refractivity contribution in [2.75, 3.05) is 32.1 Å². The van der Waals surface area contributed by atoms with Crippen molar-refractivity contribution in [1.29, 1.82) is 0 Å². The summed E-state index contributed by atoms with van der Waals surface area (Å²) in [5, 5.41) is 3.99. The van der Waals surface area contributed by atoms with Crippen molar-refractivity contribution >= 4 is 23.3 Å². The van der Waals surface area contributed by atoms with Crippen LogP contribution in [-0.2, 0) is 16.0 Å². The molecule has 1 aromatic rings. The number of hydrogen-bond acceptors (Lipinski definition) is 5. The van der Waals surface area contributed by atoms with Crippen LogP contribution in [0, 0.1) is 6.92 Å². The molecule has 0 unspecified atom stereocenters. The lowest BCUT2D eigenvalue weighted by Crippen LogP contribution is -2.43. The predicted octanol–water partition coefficient (Wildman–Crippen LogP) is 2.05. The van der Waals surface area contributed by atoms with E-state index < -0.39 is 0 Å². The summed E-state index contributed by atoms with van der Waals surface area (Å²) in [6.07, 6.45) is 2.56. The number of halogens is 1. The van der Waals surface area contributed by atoms with E-state index >= 15 is 0 Å². The van der Waals surface area contributed by atoms with E-state index in [0.29, 0.717) is 17.0 Å². The number of nitrogens with one attached hydrogen (secondary N) is 1. The molecule has 0 aromatic carbocycles. The number of anilines is 1. The Kier molecular flexibility index (Phi) is 5.97. The molecular formula is C15H23ClN4O2. The van der Waals surface area contributed by atoms with E-state index in [1.165, 1.54) is 0 Å². The minimum Gasteiger partial charge on any atom is -0.375 e. The molecule has 0 bridgehead atoms. The third-order valence-electron chi connectivity index (χ3n) is 3.88. The van der Waals surface area contributed by atoms with Gasteiger partial charge in [0, 0.05) is 31.8 Å². The lowest BCUT2D eigenvalue weighted by Gasteiger charge is -2.33. The van der Waals surface area contributed by atoms with Crippen molar-refractivity contribution in [3.63, 3.8) is 0 Å². The minimum absolute atomic E-state index is 0.0520. The second-order valence-electron chi connectivity index (χ2n) is 5.47. The van der Waals surface area contributed by atoms with E-state index in [0.717, 1.165) is 43.7 Å². The highest BCUT2D eigenvalue weighted by atomic mass is 35.5. The summed E-state index contributed by atoms with van der Waals surface area (Å²) in [4.78, 5) is 22.3. The first-order valence-corrected chi connectivity index (χ1v) is 7.99. The number of hydrogen-bond donors (Lipinski definition) is 1. The average molecular weight is 327 g/mol. The van der Waals surface area contributed by atoms with Gasteiger partial charge in [-0.3, -0.25) is 4.79 Å². The Morgan fingerprint density at radius 2 is 2.09 bits per heavy atom. The van der Waals surface area contributed by atoms with Crippen molar-refractivity contribution < 1.29 is 9.53 Å². The molecule has 1 aliphatic rings. The number of carbonyl (C=O) groups is 1. The average Bonchev–Trinajstić information content (AvgIpc) is 2.48. The number of rotatable bonds is 5. The summed E-state index contributed by atoms with van der Waals surface area (Å²) in [5.41, 5.74) is 0.949. The molecule has 122 valence electrons. The Morgan fingerprint density at radius 3 is 2.68 bits per heavy atom. The first-order valence-electron chi connectivity index (χ1n) is 7.61. The Morgan fingerprint density at radius 1 is 1.41 bits per heavy atom. The molecule has 2 rings (SSSR count). The third-order valence-corrected chi connectivity index (χ3v) is 4.19. The first kappa shape index (κ1) is 17.0. The minimum atomic E-state index is 0.0520. The van der Waals surface area contributed by atoms with E-state index in [-0.39, 0.29) is 12.5 Å². The zero-order chi connectivity index (χ0) is 16.1. The maximum atomic E-state index is 11.8. The van der Waals surface area contributed by atoms with Gasteiger partial charge in [0.1, 0.15) is 23.4 Å². The van der Waals surface area contributed by atoms with Gasteiger partial charge in [-0.2, -0.15) is 0 Å². The van der Waals surface area contributed by atoms with E-state index in [9.17, 15) is 4.79 Å². The Balaban J connectivity index is 1.98. The van der Waals surface area contributed by atoms with Crippen LogP contribution in [0.4, 0.5) is 5.82 Å².